The fourth-order valence-electron chi connectivity index (χ4n) is 7.35. The first-order valence-corrected chi connectivity index (χ1v) is 18.4. The van der Waals surface area contributed by atoms with Gasteiger partial charge in [0.25, 0.3) is 0 Å². The number of rotatable bonds is 10. The molecule has 2 aliphatic rings. The standard InChI is InChI=1S/C44H46N4O4/c1-3-37(33-13-7-5-8-14-33)43(51)47-29-11-17-39(47)41(49)45-35-25-21-31(22-26-35)19-20-32-23-27-36(28-24-32)46-42(50)40-18-12-30-48(40)44(52)38(4-2)34-15-9-6-10-16-34/h5-10,13-16,21-28,37-40H,3-4,11-12,17-18,29-30H2,1-2H3,(H,45,49)(H,46,50)/t37-,38-,39-,40-/m0/s1. The predicted octanol–water partition coefficient (Wildman–Crippen LogP) is 7.33. The largest absolute Gasteiger partial charge is 0.330 e. The lowest BCUT2D eigenvalue weighted by atomic mass is 9.94. The lowest BCUT2D eigenvalue weighted by molar-refractivity contribution is -0.138. The van der Waals surface area contributed by atoms with Crippen LogP contribution in [0.2, 0.25) is 0 Å². The molecule has 266 valence electrons. The van der Waals surface area contributed by atoms with E-state index in [1.807, 2.05) is 123 Å². The van der Waals surface area contributed by atoms with Crippen LogP contribution in [0.15, 0.2) is 109 Å². The van der Waals surface area contributed by atoms with Crippen molar-refractivity contribution in [2.45, 2.75) is 76.3 Å². The molecule has 6 rings (SSSR count). The summed E-state index contributed by atoms with van der Waals surface area (Å²) in [6.45, 7) is 5.17. The van der Waals surface area contributed by atoms with Gasteiger partial charge in [0, 0.05) is 35.6 Å². The van der Waals surface area contributed by atoms with Crippen molar-refractivity contribution in [1.29, 1.82) is 0 Å². The van der Waals surface area contributed by atoms with Gasteiger partial charge in [-0.3, -0.25) is 19.2 Å². The van der Waals surface area contributed by atoms with Crippen LogP contribution in [0.3, 0.4) is 0 Å². The molecule has 4 atom stereocenters. The summed E-state index contributed by atoms with van der Waals surface area (Å²) in [5.74, 6) is 5.45. The van der Waals surface area contributed by atoms with E-state index in [0.717, 1.165) is 35.1 Å². The van der Waals surface area contributed by atoms with Gasteiger partial charge >= 0.3 is 0 Å². The second-order valence-electron chi connectivity index (χ2n) is 13.5. The molecule has 2 heterocycles. The van der Waals surface area contributed by atoms with Gasteiger partial charge in [-0.15, -0.1) is 0 Å². The monoisotopic (exact) mass is 694 g/mol. The molecule has 4 aromatic carbocycles. The molecule has 8 heteroatoms. The number of hydrogen-bond donors (Lipinski definition) is 2. The highest BCUT2D eigenvalue weighted by molar-refractivity contribution is 5.99. The first kappa shape index (κ1) is 36.1. The number of anilines is 2. The van der Waals surface area contributed by atoms with Crippen LogP contribution in [0.5, 0.6) is 0 Å². The highest BCUT2D eigenvalue weighted by Gasteiger charge is 2.38. The van der Waals surface area contributed by atoms with Gasteiger partial charge in [-0.1, -0.05) is 86.4 Å². The summed E-state index contributed by atoms with van der Waals surface area (Å²) in [6.07, 6.45) is 4.23. The van der Waals surface area contributed by atoms with Crippen molar-refractivity contribution in [3.05, 3.63) is 131 Å². The fourth-order valence-corrected chi connectivity index (χ4v) is 7.35. The number of amides is 4. The van der Waals surface area contributed by atoms with Crippen LogP contribution < -0.4 is 10.6 Å². The van der Waals surface area contributed by atoms with Gasteiger partial charge in [0.2, 0.25) is 23.6 Å². The highest BCUT2D eigenvalue weighted by Crippen LogP contribution is 2.29. The Bertz CT molecular complexity index is 1780. The maximum Gasteiger partial charge on any atom is 0.247 e. The Kier molecular flexibility index (Phi) is 11.8. The van der Waals surface area contributed by atoms with Crippen LogP contribution >= 0.6 is 0 Å². The van der Waals surface area contributed by atoms with E-state index in [9.17, 15) is 19.2 Å². The van der Waals surface area contributed by atoms with Crippen LogP contribution in [0.25, 0.3) is 0 Å². The highest BCUT2D eigenvalue weighted by atomic mass is 16.2. The van der Waals surface area contributed by atoms with Gasteiger partial charge in [0.1, 0.15) is 12.1 Å². The van der Waals surface area contributed by atoms with Crippen molar-refractivity contribution in [1.82, 2.24) is 9.80 Å². The molecule has 0 spiro atoms. The maximum absolute atomic E-state index is 13.5. The van der Waals surface area contributed by atoms with Crippen molar-refractivity contribution in [2.75, 3.05) is 23.7 Å². The van der Waals surface area contributed by atoms with Gasteiger partial charge in [0.05, 0.1) is 11.8 Å². The third kappa shape index (κ3) is 8.43. The first-order valence-electron chi connectivity index (χ1n) is 18.4. The molecule has 0 radical (unpaired) electrons. The second-order valence-corrected chi connectivity index (χ2v) is 13.5. The summed E-state index contributed by atoms with van der Waals surface area (Å²) < 4.78 is 0. The Morgan fingerprint density at radius 1 is 0.577 bits per heavy atom. The molecule has 52 heavy (non-hydrogen) atoms. The lowest BCUT2D eigenvalue weighted by Gasteiger charge is -2.28. The van der Waals surface area contributed by atoms with Crippen molar-refractivity contribution in [3.8, 4) is 11.8 Å². The van der Waals surface area contributed by atoms with E-state index in [1.165, 1.54) is 0 Å². The van der Waals surface area contributed by atoms with Gasteiger partial charge < -0.3 is 20.4 Å². The number of benzene rings is 4. The molecule has 0 unspecified atom stereocenters. The molecule has 0 bridgehead atoms. The minimum atomic E-state index is -0.495. The molecule has 8 nitrogen and oxygen atoms in total. The summed E-state index contributed by atoms with van der Waals surface area (Å²) in [4.78, 5) is 57.1. The lowest BCUT2D eigenvalue weighted by Crippen LogP contribution is -2.45. The van der Waals surface area contributed by atoms with E-state index in [4.69, 9.17) is 0 Å². The molecule has 4 aromatic rings. The van der Waals surface area contributed by atoms with E-state index in [-0.39, 0.29) is 35.5 Å². The van der Waals surface area contributed by atoms with Gasteiger partial charge in [-0.25, -0.2) is 0 Å². The smallest absolute Gasteiger partial charge is 0.247 e. The number of nitrogens with zero attached hydrogens (tertiary/aromatic N) is 2. The molecule has 0 aromatic heterocycles. The molecule has 4 amide bonds. The summed E-state index contributed by atoms with van der Waals surface area (Å²) in [6, 6.07) is 33.2. The molecule has 2 saturated heterocycles. The Morgan fingerprint density at radius 2 is 0.942 bits per heavy atom. The third-order valence-electron chi connectivity index (χ3n) is 10.1. The number of carbonyl (C=O) groups excluding carboxylic acids is 4. The molecular formula is C44H46N4O4. The quantitative estimate of drug-likeness (QED) is 0.170. The predicted molar refractivity (Wildman–Crippen MR) is 205 cm³/mol. The van der Waals surface area contributed by atoms with Crippen molar-refractivity contribution >= 4 is 35.0 Å². The van der Waals surface area contributed by atoms with Crippen LogP contribution in [-0.2, 0) is 19.2 Å². The van der Waals surface area contributed by atoms with Gasteiger partial charge in [-0.05, 0) is 98.2 Å². The Labute approximate surface area is 306 Å². The third-order valence-corrected chi connectivity index (χ3v) is 10.1. The van der Waals surface area contributed by atoms with Crippen molar-refractivity contribution in [3.63, 3.8) is 0 Å². The van der Waals surface area contributed by atoms with Crippen LogP contribution in [-0.4, -0.2) is 58.6 Å². The average molecular weight is 695 g/mol. The number of hydrogen-bond acceptors (Lipinski definition) is 4. The topological polar surface area (TPSA) is 98.8 Å². The normalized spacial score (nSPS) is 17.8. The van der Waals surface area contributed by atoms with E-state index in [0.29, 0.717) is 50.1 Å². The Hall–Kier alpha value is -5.68. The zero-order chi connectivity index (χ0) is 36.5. The summed E-state index contributed by atoms with van der Waals surface area (Å²) in [5, 5.41) is 5.99. The molecule has 2 aliphatic heterocycles. The zero-order valence-corrected chi connectivity index (χ0v) is 29.9. The van der Waals surface area contributed by atoms with E-state index in [2.05, 4.69) is 22.5 Å². The maximum atomic E-state index is 13.5. The van der Waals surface area contributed by atoms with Crippen molar-refractivity contribution in [2.24, 2.45) is 0 Å². The summed E-state index contributed by atoms with van der Waals surface area (Å²) >= 11 is 0. The van der Waals surface area contributed by atoms with Crippen LogP contribution in [0.1, 0.15) is 86.5 Å². The zero-order valence-electron chi connectivity index (χ0n) is 29.9. The SMILES string of the molecule is CC[C@H](C(=O)N1CCC[C@H]1C(=O)Nc1ccc(C#Cc2ccc(NC(=O)[C@@H]3CCCN3C(=O)[C@@H](CC)c3ccccc3)cc2)cc1)c1ccccc1. The second kappa shape index (κ2) is 17.0. The summed E-state index contributed by atoms with van der Waals surface area (Å²) in [7, 11) is 0. The van der Waals surface area contributed by atoms with Crippen LogP contribution in [0.4, 0.5) is 11.4 Å². The number of likely N-dealkylation sites (tertiary alicyclic amines) is 2. The van der Waals surface area contributed by atoms with E-state index in [1.54, 1.807) is 9.80 Å². The van der Waals surface area contributed by atoms with Gasteiger partial charge in [-0.2, -0.15) is 0 Å². The molecule has 2 fully saturated rings. The number of carbonyl (C=O) groups is 4. The minimum Gasteiger partial charge on any atom is -0.330 e. The first-order chi connectivity index (χ1) is 25.4. The Morgan fingerprint density at radius 3 is 1.29 bits per heavy atom. The minimum absolute atomic E-state index is 0.00367. The van der Waals surface area contributed by atoms with E-state index < -0.39 is 12.1 Å². The van der Waals surface area contributed by atoms with E-state index >= 15 is 0 Å². The molecule has 0 aliphatic carbocycles. The fraction of sp³-hybridized carbons (Fsp3) is 0.318. The molecule has 2 N–H and O–H groups in total. The van der Waals surface area contributed by atoms with Crippen LogP contribution in [0, 0.1) is 11.8 Å². The van der Waals surface area contributed by atoms with Crippen molar-refractivity contribution < 1.29 is 19.2 Å². The number of nitrogens with one attached hydrogen (secondary N) is 2. The average Bonchev–Trinajstić information content (AvgIpc) is 3.88. The van der Waals surface area contributed by atoms with Gasteiger partial charge in [0.15, 0.2) is 0 Å². The molecule has 0 saturated carbocycles. The Balaban J connectivity index is 1.02. The summed E-state index contributed by atoms with van der Waals surface area (Å²) in [5.41, 5.74) is 4.83. The molecular weight excluding hydrogens is 649 g/mol.